The van der Waals surface area contributed by atoms with Gasteiger partial charge < -0.3 is 9.47 Å². The van der Waals surface area contributed by atoms with E-state index in [1.807, 2.05) is 6.07 Å². The van der Waals surface area contributed by atoms with Gasteiger partial charge in [-0.15, -0.1) is 0 Å². The Morgan fingerprint density at radius 3 is 2.27 bits per heavy atom. The van der Waals surface area contributed by atoms with Gasteiger partial charge >= 0.3 is 11.9 Å². The largest absolute Gasteiger partial charge is 0.490 e. The van der Waals surface area contributed by atoms with Crippen LogP contribution >= 0.6 is 11.6 Å². The van der Waals surface area contributed by atoms with Crippen molar-refractivity contribution in [2.75, 3.05) is 6.61 Å². The number of benzene rings is 3. The van der Waals surface area contributed by atoms with Gasteiger partial charge in [0, 0.05) is 18.2 Å². The second-order valence-electron chi connectivity index (χ2n) is 7.28. The van der Waals surface area contributed by atoms with Crippen molar-refractivity contribution >= 4 is 34.6 Å². The van der Waals surface area contributed by atoms with Crippen molar-refractivity contribution in [2.45, 2.75) is 13.1 Å². The van der Waals surface area contributed by atoms with Crippen LogP contribution in [0.2, 0.25) is 5.02 Å². The van der Waals surface area contributed by atoms with Crippen molar-refractivity contribution in [1.82, 2.24) is 0 Å². The molecule has 0 saturated heterocycles. The van der Waals surface area contributed by atoms with Crippen LogP contribution in [0.15, 0.2) is 54.6 Å². The summed E-state index contributed by atoms with van der Waals surface area (Å²) in [6.07, 6.45) is -3.37. The summed E-state index contributed by atoms with van der Waals surface area (Å²) >= 11 is 6.34. The highest BCUT2D eigenvalue weighted by atomic mass is 35.5. The van der Waals surface area contributed by atoms with Gasteiger partial charge in [0.15, 0.2) is 11.5 Å². The van der Waals surface area contributed by atoms with Crippen molar-refractivity contribution in [1.29, 1.82) is 5.26 Å². The van der Waals surface area contributed by atoms with Crippen LogP contribution < -0.4 is 9.47 Å². The fourth-order valence-corrected chi connectivity index (χ4v) is 3.43. The number of hydrogen-bond acceptors (Lipinski definition) is 7. The maximum atomic E-state index is 13.0. The third-order valence-corrected chi connectivity index (χ3v) is 5.13. The Labute approximate surface area is 212 Å². The summed E-state index contributed by atoms with van der Waals surface area (Å²) < 4.78 is 50.1. The second-order valence-corrected chi connectivity index (χ2v) is 7.68. The van der Waals surface area contributed by atoms with Crippen LogP contribution in [0.3, 0.4) is 0 Å². The molecule has 0 aliphatic rings. The van der Waals surface area contributed by atoms with Gasteiger partial charge in [-0.25, -0.2) is 0 Å². The number of nitro groups is 2. The Kier molecular flexibility index (Phi) is 7.99. The third-order valence-electron chi connectivity index (χ3n) is 4.85. The molecule has 0 N–H and O–H groups in total. The lowest BCUT2D eigenvalue weighted by Crippen LogP contribution is -2.06. The molecule has 13 heteroatoms. The molecule has 0 atom stereocenters. The highest BCUT2D eigenvalue weighted by molar-refractivity contribution is 6.32. The molecule has 0 saturated carbocycles. The van der Waals surface area contributed by atoms with E-state index < -0.39 is 33.0 Å². The minimum absolute atomic E-state index is 0.0106. The number of non-ortho nitro benzene ring substituents is 1. The molecule has 0 radical (unpaired) electrons. The molecule has 0 heterocycles. The van der Waals surface area contributed by atoms with Crippen LogP contribution in [-0.2, 0) is 6.18 Å². The molecule has 3 aromatic carbocycles. The van der Waals surface area contributed by atoms with Gasteiger partial charge in [0.1, 0.15) is 0 Å². The number of allylic oxidation sites excluding steroid dienone is 1. The van der Waals surface area contributed by atoms with Crippen LogP contribution in [-0.4, -0.2) is 16.5 Å². The third kappa shape index (κ3) is 6.33. The van der Waals surface area contributed by atoms with E-state index in [4.69, 9.17) is 21.1 Å². The molecular formula is C24H15ClF3N3O6. The number of nitriles is 1. The lowest BCUT2D eigenvalue weighted by molar-refractivity contribution is -0.385. The molecule has 0 fully saturated rings. The number of rotatable bonds is 8. The maximum absolute atomic E-state index is 13.0. The molecule has 0 aliphatic heterocycles. The Morgan fingerprint density at radius 2 is 1.73 bits per heavy atom. The Hall–Kier alpha value is -4.63. The maximum Gasteiger partial charge on any atom is 0.416 e. The molecule has 37 heavy (non-hydrogen) atoms. The van der Waals surface area contributed by atoms with Crippen LogP contribution in [0.4, 0.5) is 24.5 Å². The van der Waals surface area contributed by atoms with Crippen LogP contribution in [0.5, 0.6) is 17.2 Å². The van der Waals surface area contributed by atoms with E-state index in [-0.39, 0.29) is 34.4 Å². The predicted octanol–water partition coefficient (Wildman–Crippen LogP) is 7.43. The topological polar surface area (TPSA) is 129 Å². The summed E-state index contributed by atoms with van der Waals surface area (Å²) in [7, 11) is 0. The molecule has 0 aromatic heterocycles. The van der Waals surface area contributed by atoms with Gasteiger partial charge in [-0.1, -0.05) is 11.6 Å². The summed E-state index contributed by atoms with van der Waals surface area (Å²) in [6.45, 7) is 1.75. The summed E-state index contributed by atoms with van der Waals surface area (Å²) in [4.78, 5) is 20.7. The summed E-state index contributed by atoms with van der Waals surface area (Å²) in [5.74, 6) is -0.665. The molecule has 0 spiro atoms. The van der Waals surface area contributed by atoms with E-state index in [0.717, 1.165) is 6.07 Å². The van der Waals surface area contributed by atoms with Gasteiger partial charge in [0.05, 0.1) is 38.7 Å². The molecule has 0 aliphatic carbocycles. The highest BCUT2D eigenvalue weighted by Gasteiger charge is 2.33. The minimum atomic E-state index is -4.80. The highest BCUT2D eigenvalue weighted by Crippen LogP contribution is 2.44. The van der Waals surface area contributed by atoms with Crippen molar-refractivity contribution in [3.63, 3.8) is 0 Å². The first-order valence-electron chi connectivity index (χ1n) is 10.3. The molecule has 0 unspecified atom stereocenters. The fraction of sp³-hybridized carbons (Fsp3) is 0.125. The zero-order valence-corrected chi connectivity index (χ0v) is 19.5. The van der Waals surface area contributed by atoms with E-state index in [1.54, 1.807) is 6.92 Å². The van der Waals surface area contributed by atoms with Crippen LogP contribution in [0.25, 0.3) is 11.6 Å². The van der Waals surface area contributed by atoms with E-state index in [2.05, 4.69) is 0 Å². The number of ether oxygens (including phenoxy) is 2. The van der Waals surface area contributed by atoms with Crippen LogP contribution in [0.1, 0.15) is 23.6 Å². The monoisotopic (exact) mass is 533 g/mol. The van der Waals surface area contributed by atoms with E-state index in [0.29, 0.717) is 23.3 Å². The molecule has 0 amide bonds. The molecule has 0 bridgehead atoms. The van der Waals surface area contributed by atoms with Gasteiger partial charge in [-0.3, -0.25) is 20.2 Å². The Morgan fingerprint density at radius 1 is 1.05 bits per heavy atom. The first kappa shape index (κ1) is 27.0. The van der Waals surface area contributed by atoms with Gasteiger partial charge in [0.2, 0.25) is 5.75 Å². The van der Waals surface area contributed by atoms with E-state index in [1.165, 1.54) is 42.5 Å². The standard InChI is InChI=1S/C24H15ClF3N3O6/c1-2-36-22-11-14(9-16(13-29)15-3-6-18(7-4-15)30(32)33)10-19(25)23(22)37-21-8-5-17(24(26,27)28)12-20(21)31(34)35/h3-12H,2H2,1H3/b16-9+. The average molecular weight is 534 g/mol. The molecular weight excluding hydrogens is 519 g/mol. The van der Waals surface area contributed by atoms with Crippen molar-refractivity contribution < 1.29 is 32.5 Å². The molecule has 3 aromatic rings. The summed E-state index contributed by atoms with van der Waals surface area (Å²) in [6, 6.07) is 11.9. The lowest BCUT2D eigenvalue weighted by atomic mass is 10.0. The lowest BCUT2D eigenvalue weighted by Gasteiger charge is -2.15. The van der Waals surface area contributed by atoms with Gasteiger partial charge in [-0.05, 0) is 60.5 Å². The minimum Gasteiger partial charge on any atom is -0.490 e. The van der Waals surface area contributed by atoms with Gasteiger partial charge in [0.25, 0.3) is 5.69 Å². The Balaban J connectivity index is 2.04. The average Bonchev–Trinajstić information content (AvgIpc) is 2.84. The number of hydrogen-bond donors (Lipinski definition) is 0. The Bertz CT molecular complexity index is 1430. The fourth-order valence-electron chi connectivity index (χ4n) is 3.18. The SMILES string of the molecule is CCOc1cc(/C=C(\C#N)c2ccc([N+](=O)[O-])cc2)cc(Cl)c1Oc1ccc(C(F)(F)F)cc1[N+](=O)[O-]. The van der Waals surface area contributed by atoms with Gasteiger partial charge in [-0.2, -0.15) is 18.4 Å². The van der Waals surface area contributed by atoms with Crippen molar-refractivity contribution in [2.24, 2.45) is 0 Å². The predicted molar refractivity (Wildman–Crippen MR) is 127 cm³/mol. The first-order valence-corrected chi connectivity index (χ1v) is 10.7. The molecule has 190 valence electrons. The first-order chi connectivity index (χ1) is 17.4. The zero-order valence-electron chi connectivity index (χ0n) is 18.8. The molecule has 3 rings (SSSR count). The smallest absolute Gasteiger partial charge is 0.416 e. The quantitative estimate of drug-likeness (QED) is 0.127. The normalized spacial score (nSPS) is 11.5. The molecule has 9 nitrogen and oxygen atoms in total. The van der Waals surface area contributed by atoms with Crippen molar-refractivity contribution in [3.05, 3.63) is 96.5 Å². The number of halogens is 4. The number of nitro benzene ring substituents is 2. The number of alkyl halides is 3. The zero-order chi connectivity index (χ0) is 27.3. The second kappa shape index (κ2) is 11.0. The number of nitrogens with zero attached hydrogens (tertiary/aromatic N) is 3. The van der Waals surface area contributed by atoms with Crippen LogP contribution in [0, 0.1) is 31.6 Å². The van der Waals surface area contributed by atoms with Crippen molar-refractivity contribution in [3.8, 4) is 23.3 Å². The summed E-state index contributed by atoms with van der Waals surface area (Å²) in [5, 5.41) is 31.7. The van der Waals surface area contributed by atoms with E-state index >= 15 is 0 Å². The summed E-state index contributed by atoms with van der Waals surface area (Å²) in [5.41, 5.74) is -1.41. The van der Waals surface area contributed by atoms with E-state index in [9.17, 15) is 38.7 Å².